The summed E-state index contributed by atoms with van der Waals surface area (Å²) in [4.78, 5) is 28.2. The quantitative estimate of drug-likeness (QED) is 0.554. The van der Waals surface area contributed by atoms with Crippen molar-refractivity contribution in [2.45, 2.75) is 66.6 Å². The fourth-order valence-electron chi connectivity index (χ4n) is 3.85. The highest BCUT2D eigenvalue weighted by Crippen LogP contribution is 2.25. The number of amides is 2. The zero-order valence-electron chi connectivity index (χ0n) is 21.3. The van der Waals surface area contributed by atoms with Gasteiger partial charge in [0.15, 0.2) is 0 Å². The fraction of sp³-hybridized carbons (Fsp3) is 0.462. The predicted molar refractivity (Wildman–Crippen MR) is 137 cm³/mol. The number of benzene rings is 2. The number of hydrogen-bond donors (Lipinski definition) is 1. The van der Waals surface area contributed by atoms with Crippen LogP contribution in [0.15, 0.2) is 42.5 Å². The number of rotatable bonds is 10. The van der Waals surface area contributed by atoms with E-state index >= 15 is 0 Å². The van der Waals surface area contributed by atoms with Gasteiger partial charge in [0.1, 0.15) is 12.6 Å². The van der Waals surface area contributed by atoms with Crippen LogP contribution in [0.3, 0.4) is 0 Å². The molecule has 0 spiro atoms. The van der Waals surface area contributed by atoms with Gasteiger partial charge in [-0.2, -0.15) is 0 Å². The number of carbonyl (C=O) groups is 2. The number of nitrogens with one attached hydrogen (secondary N) is 1. The number of carbonyl (C=O) groups excluding carboxylic acids is 2. The zero-order chi connectivity index (χ0) is 25.6. The SMILES string of the molecule is CCC(C(=O)NC(C)C)N(Cc1ccccc1C)C(=O)CN(c1cc(C)ccc1C)S(C)(=O)=O. The Morgan fingerprint density at radius 1 is 1.00 bits per heavy atom. The van der Waals surface area contributed by atoms with Crippen molar-refractivity contribution in [1.29, 1.82) is 0 Å². The van der Waals surface area contributed by atoms with Crippen LogP contribution in [-0.4, -0.2) is 50.0 Å². The lowest BCUT2D eigenvalue weighted by Crippen LogP contribution is -2.53. The molecule has 0 bridgehead atoms. The molecule has 0 aliphatic carbocycles. The number of sulfonamides is 1. The molecule has 0 radical (unpaired) electrons. The fourth-order valence-corrected chi connectivity index (χ4v) is 4.75. The van der Waals surface area contributed by atoms with Crippen molar-refractivity contribution in [3.8, 4) is 0 Å². The van der Waals surface area contributed by atoms with Gasteiger partial charge in [-0.3, -0.25) is 13.9 Å². The van der Waals surface area contributed by atoms with Crippen LogP contribution in [0, 0.1) is 20.8 Å². The molecule has 1 unspecified atom stereocenters. The van der Waals surface area contributed by atoms with E-state index in [1.54, 1.807) is 6.07 Å². The van der Waals surface area contributed by atoms with Crippen LogP contribution < -0.4 is 9.62 Å². The van der Waals surface area contributed by atoms with Gasteiger partial charge in [-0.15, -0.1) is 0 Å². The highest BCUT2D eigenvalue weighted by Gasteiger charge is 2.32. The normalized spacial score (nSPS) is 12.4. The first-order chi connectivity index (χ1) is 15.8. The lowest BCUT2D eigenvalue weighted by atomic mass is 10.1. The molecule has 2 aromatic carbocycles. The Morgan fingerprint density at radius 2 is 1.65 bits per heavy atom. The molecule has 0 saturated carbocycles. The Kier molecular flexibility index (Phi) is 9.27. The van der Waals surface area contributed by atoms with Crippen LogP contribution in [0.2, 0.25) is 0 Å². The Morgan fingerprint density at radius 3 is 2.21 bits per heavy atom. The summed E-state index contributed by atoms with van der Waals surface area (Å²) in [5.41, 5.74) is 4.00. The number of hydrogen-bond acceptors (Lipinski definition) is 4. The summed E-state index contributed by atoms with van der Waals surface area (Å²) in [6.07, 6.45) is 1.50. The number of aryl methyl sites for hydroxylation is 3. The molecule has 0 aromatic heterocycles. The molecular weight excluding hydrogens is 450 g/mol. The van der Waals surface area contributed by atoms with E-state index in [1.165, 1.54) is 4.90 Å². The van der Waals surface area contributed by atoms with Crippen molar-refractivity contribution < 1.29 is 18.0 Å². The minimum Gasteiger partial charge on any atom is -0.352 e. The summed E-state index contributed by atoms with van der Waals surface area (Å²) < 4.78 is 26.7. The van der Waals surface area contributed by atoms with E-state index in [1.807, 2.05) is 77.9 Å². The average molecular weight is 488 g/mol. The third-order valence-corrected chi connectivity index (χ3v) is 6.86. The maximum Gasteiger partial charge on any atom is 0.244 e. The summed E-state index contributed by atoms with van der Waals surface area (Å²) in [5.74, 6) is -0.683. The molecule has 0 fully saturated rings. The molecule has 186 valence electrons. The number of anilines is 1. The van der Waals surface area contributed by atoms with Gasteiger partial charge < -0.3 is 10.2 Å². The predicted octanol–water partition coefficient (Wildman–Crippen LogP) is 3.71. The molecule has 7 nitrogen and oxygen atoms in total. The van der Waals surface area contributed by atoms with Gasteiger partial charge in [0.25, 0.3) is 0 Å². The topological polar surface area (TPSA) is 86.8 Å². The largest absolute Gasteiger partial charge is 0.352 e. The van der Waals surface area contributed by atoms with Gasteiger partial charge >= 0.3 is 0 Å². The van der Waals surface area contributed by atoms with E-state index in [9.17, 15) is 18.0 Å². The second-order valence-corrected chi connectivity index (χ2v) is 11.0. The van der Waals surface area contributed by atoms with Crippen LogP contribution >= 0.6 is 0 Å². The molecule has 1 atom stereocenters. The Bertz CT molecular complexity index is 1130. The second kappa shape index (κ2) is 11.5. The lowest BCUT2D eigenvalue weighted by molar-refractivity contribution is -0.140. The Balaban J connectivity index is 2.50. The summed E-state index contributed by atoms with van der Waals surface area (Å²) in [6.45, 7) is 11.0. The van der Waals surface area contributed by atoms with Gasteiger partial charge in [-0.25, -0.2) is 8.42 Å². The average Bonchev–Trinajstić information content (AvgIpc) is 2.73. The van der Waals surface area contributed by atoms with Gasteiger partial charge in [0.2, 0.25) is 21.8 Å². The van der Waals surface area contributed by atoms with Crippen molar-refractivity contribution in [2.75, 3.05) is 17.1 Å². The summed E-state index contributed by atoms with van der Waals surface area (Å²) in [6, 6.07) is 12.4. The molecule has 0 saturated heterocycles. The first kappa shape index (κ1) is 27.4. The Hall–Kier alpha value is -2.87. The molecule has 8 heteroatoms. The van der Waals surface area contributed by atoms with E-state index in [0.717, 1.165) is 32.8 Å². The second-order valence-electron chi connectivity index (χ2n) is 9.10. The van der Waals surface area contributed by atoms with Crippen LogP contribution in [0.25, 0.3) is 0 Å². The molecule has 0 aliphatic rings. The highest BCUT2D eigenvalue weighted by molar-refractivity contribution is 7.92. The van der Waals surface area contributed by atoms with Gasteiger partial charge in [0.05, 0.1) is 11.9 Å². The summed E-state index contributed by atoms with van der Waals surface area (Å²) in [5, 5.41) is 2.90. The lowest BCUT2D eigenvalue weighted by Gasteiger charge is -2.34. The number of nitrogens with zero attached hydrogens (tertiary/aromatic N) is 2. The smallest absolute Gasteiger partial charge is 0.244 e. The van der Waals surface area contributed by atoms with Gasteiger partial charge in [0, 0.05) is 12.6 Å². The van der Waals surface area contributed by atoms with Crippen molar-refractivity contribution in [1.82, 2.24) is 10.2 Å². The van der Waals surface area contributed by atoms with E-state index in [-0.39, 0.29) is 25.0 Å². The van der Waals surface area contributed by atoms with E-state index in [0.29, 0.717) is 12.1 Å². The minimum atomic E-state index is -3.75. The van der Waals surface area contributed by atoms with E-state index < -0.39 is 22.0 Å². The van der Waals surface area contributed by atoms with E-state index in [4.69, 9.17) is 0 Å². The third-order valence-electron chi connectivity index (χ3n) is 5.73. The standard InChI is InChI=1S/C26H37N3O4S/c1-8-23(26(31)27-18(2)3)28(16-22-12-10-9-11-20(22)5)25(30)17-29(34(7,32)33)24-15-19(4)13-14-21(24)6/h9-15,18,23H,8,16-17H2,1-7H3,(H,27,31). The van der Waals surface area contributed by atoms with Crippen molar-refractivity contribution in [3.63, 3.8) is 0 Å². The zero-order valence-corrected chi connectivity index (χ0v) is 22.1. The van der Waals surface area contributed by atoms with Crippen molar-refractivity contribution in [3.05, 3.63) is 64.7 Å². The minimum absolute atomic E-state index is 0.0839. The van der Waals surface area contributed by atoms with Crippen LogP contribution in [0.1, 0.15) is 49.4 Å². The monoisotopic (exact) mass is 487 g/mol. The highest BCUT2D eigenvalue weighted by atomic mass is 32.2. The van der Waals surface area contributed by atoms with Crippen LogP contribution in [0.5, 0.6) is 0 Å². The molecule has 1 N–H and O–H groups in total. The van der Waals surface area contributed by atoms with Crippen molar-refractivity contribution in [2.24, 2.45) is 0 Å². The Labute approximate surface area is 204 Å². The molecule has 2 rings (SSSR count). The van der Waals surface area contributed by atoms with E-state index in [2.05, 4.69) is 5.32 Å². The maximum atomic E-state index is 13.7. The van der Waals surface area contributed by atoms with Crippen LogP contribution in [-0.2, 0) is 26.2 Å². The first-order valence-corrected chi connectivity index (χ1v) is 13.4. The van der Waals surface area contributed by atoms with Crippen LogP contribution in [0.4, 0.5) is 5.69 Å². The molecule has 2 amide bonds. The molecule has 0 aliphatic heterocycles. The molecule has 2 aromatic rings. The molecule has 0 heterocycles. The third kappa shape index (κ3) is 7.06. The molecular formula is C26H37N3O4S. The summed E-state index contributed by atoms with van der Waals surface area (Å²) in [7, 11) is -3.75. The van der Waals surface area contributed by atoms with Gasteiger partial charge in [-0.05, 0) is 69.4 Å². The first-order valence-electron chi connectivity index (χ1n) is 11.5. The molecule has 34 heavy (non-hydrogen) atoms. The summed E-state index contributed by atoms with van der Waals surface area (Å²) >= 11 is 0. The van der Waals surface area contributed by atoms with Crippen molar-refractivity contribution >= 4 is 27.5 Å². The maximum absolute atomic E-state index is 13.7. The van der Waals surface area contributed by atoms with Gasteiger partial charge in [-0.1, -0.05) is 43.3 Å².